The van der Waals surface area contributed by atoms with E-state index in [-0.39, 0.29) is 40.3 Å². The Labute approximate surface area is 242 Å². The predicted octanol–water partition coefficient (Wildman–Crippen LogP) is 5.62. The summed E-state index contributed by atoms with van der Waals surface area (Å²) in [6.45, 7) is 14.4. The first-order chi connectivity index (χ1) is 19.2. The maximum absolute atomic E-state index is 12.9. The molecule has 3 aromatic rings. The van der Waals surface area contributed by atoms with E-state index in [4.69, 9.17) is 14.2 Å². The van der Waals surface area contributed by atoms with Crippen molar-refractivity contribution in [2.45, 2.75) is 46.3 Å². The Hall–Kier alpha value is -3.64. The number of ether oxygens (including phenoxy) is 3. The first-order valence-corrected chi connectivity index (χ1v) is 14.7. The number of thiophene rings is 1. The number of nitrogens with one attached hydrogen (secondary N) is 1. The minimum atomic E-state index is -0.620. The molecule has 2 heterocycles. The molecule has 0 atom stereocenters. The molecule has 214 valence electrons. The normalized spacial score (nSPS) is 10.8. The summed E-state index contributed by atoms with van der Waals surface area (Å²) in [5, 5.41) is 12.1. The van der Waals surface area contributed by atoms with Gasteiger partial charge in [-0.1, -0.05) is 31.7 Å². The zero-order valence-corrected chi connectivity index (χ0v) is 24.9. The van der Waals surface area contributed by atoms with Gasteiger partial charge in [0.05, 0.1) is 31.1 Å². The third kappa shape index (κ3) is 7.72. The topological polar surface area (TPSA) is 122 Å². The number of carbonyl (C=O) groups excluding carboxylic acids is 3. The minimum Gasteiger partial charge on any atom is -0.493 e. The average molecular weight is 587 g/mol. The number of carbonyl (C=O) groups is 3. The number of rotatable bonds is 14. The van der Waals surface area contributed by atoms with Crippen molar-refractivity contribution in [3.8, 4) is 17.1 Å². The molecule has 10 nitrogen and oxygen atoms in total. The molecule has 0 fully saturated rings. The number of nitrogens with zero attached hydrogens (tertiary/aromatic N) is 3. The second-order valence-electron chi connectivity index (χ2n) is 8.97. The highest BCUT2D eigenvalue weighted by Crippen LogP contribution is 2.35. The maximum Gasteiger partial charge on any atom is 0.348 e. The fourth-order valence-electron chi connectivity index (χ4n) is 3.60. The van der Waals surface area contributed by atoms with E-state index in [0.717, 1.165) is 22.6 Å². The molecule has 2 aromatic heterocycles. The molecule has 0 unspecified atom stereocenters. The van der Waals surface area contributed by atoms with Gasteiger partial charge in [0.15, 0.2) is 11.0 Å². The smallest absolute Gasteiger partial charge is 0.348 e. The minimum absolute atomic E-state index is 0.00872. The van der Waals surface area contributed by atoms with Crippen molar-refractivity contribution in [3.05, 3.63) is 52.9 Å². The molecule has 1 amide bonds. The van der Waals surface area contributed by atoms with Gasteiger partial charge in [0, 0.05) is 12.1 Å². The largest absolute Gasteiger partial charge is 0.493 e. The third-order valence-electron chi connectivity index (χ3n) is 5.40. The standard InChI is InChI=1S/C28H34N4O6S2/c1-7-14-32-24(19-10-12-20(13-11-19)38-15-17(4)5)30-31-28(32)39-16-21(33)29-25-22(26(34)36-8-2)18(6)23(40-25)27(35)37-9-3/h7,10-13,17H,1,8-9,14-16H2,2-6H3,(H,29,33). The number of amides is 1. The van der Waals surface area contributed by atoms with Gasteiger partial charge in [-0.05, 0) is 56.5 Å². The fraction of sp³-hybridized carbons (Fsp3) is 0.393. The van der Waals surface area contributed by atoms with Crippen LogP contribution < -0.4 is 10.1 Å². The monoisotopic (exact) mass is 586 g/mol. The second kappa shape index (κ2) is 14.7. The number of aromatic nitrogens is 3. The summed E-state index contributed by atoms with van der Waals surface area (Å²) < 4.78 is 17.9. The van der Waals surface area contributed by atoms with E-state index < -0.39 is 11.9 Å². The third-order valence-corrected chi connectivity index (χ3v) is 7.55. The maximum atomic E-state index is 12.9. The van der Waals surface area contributed by atoms with Crippen LogP contribution in [0.25, 0.3) is 11.4 Å². The van der Waals surface area contributed by atoms with Crippen molar-refractivity contribution >= 4 is 45.9 Å². The molecule has 0 aliphatic heterocycles. The average Bonchev–Trinajstić information content (AvgIpc) is 3.47. The van der Waals surface area contributed by atoms with Crippen LogP contribution in [0.15, 0.2) is 42.1 Å². The number of hydrogen-bond donors (Lipinski definition) is 1. The zero-order chi connectivity index (χ0) is 29.2. The van der Waals surface area contributed by atoms with E-state index in [1.54, 1.807) is 26.8 Å². The molecule has 0 saturated heterocycles. The summed E-state index contributed by atoms with van der Waals surface area (Å²) in [7, 11) is 0. The van der Waals surface area contributed by atoms with Crippen LogP contribution in [0.1, 0.15) is 53.3 Å². The van der Waals surface area contributed by atoms with Gasteiger partial charge < -0.3 is 19.5 Å². The molecule has 1 aromatic carbocycles. The van der Waals surface area contributed by atoms with Crippen molar-refractivity contribution in [2.24, 2.45) is 5.92 Å². The van der Waals surface area contributed by atoms with Crippen molar-refractivity contribution in [1.29, 1.82) is 0 Å². The van der Waals surface area contributed by atoms with Gasteiger partial charge >= 0.3 is 11.9 Å². The van der Waals surface area contributed by atoms with Crippen LogP contribution in [-0.4, -0.2) is 58.2 Å². The van der Waals surface area contributed by atoms with E-state index in [1.807, 2.05) is 28.8 Å². The van der Waals surface area contributed by atoms with E-state index in [2.05, 4.69) is 35.9 Å². The van der Waals surface area contributed by atoms with Crippen LogP contribution in [0.3, 0.4) is 0 Å². The van der Waals surface area contributed by atoms with Gasteiger partial charge in [-0.25, -0.2) is 9.59 Å². The summed E-state index contributed by atoms with van der Waals surface area (Å²) in [6, 6.07) is 7.61. The molecule has 0 radical (unpaired) electrons. The Kier molecular flexibility index (Phi) is 11.3. The highest BCUT2D eigenvalue weighted by Gasteiger charge is 2.27. The highest BCUT2D eigenvalue weighted by atomic mass is 32.2. The first kappa shape index (κ1) is 30.9. The Bertz CT molecular complexity index is 1350. The first-order valence-electron chi connectivity index (χ1n) is 12.9. The molecule has 1 N–H and O–H groups in total. The van der Waals surface area contributed by atoms with Crippen LogP contribution in [-0.2, 0) is 20.8 Å². The molecular formula is C28H34N4O6S2. The van der Waals surface area contributed by atoms with Crippen molar-refractivity contribution in [2.75, 3.05) is 30.9 Å². The fourth-order valence-corrected chi connectivity index (χ4v) is 5.45. The van der Waals surface area contributed by atoms with E-state index in [0.29, 0.717) is 35.6 Å². The van der Waals surface area contributed by atoms with Gasteiger partial charge in [-0.15, -0.1) is 28.1 Å². The highest BCUT2D eigenvalue weighted by molar-refractivity contribution is 7.99. The van der Waals surface area contributed by atoms with E-state index >= 15 is 0 Å². The summed E-state index contributed by atoms with van der Waals surface area (Å²) in [6.07, 6.45) is 1.73. The predicted molar refractivity (Wildman–Crippen MR) is 156 cm³/mol. The van der Waals surface area contributed by atoms with E-state index in [9.17, 15) is 14.4 Å². The molecule has 3 rings (SSSR count). The lowest BCUT2D eigenvalue weighted by atomic mass is 10.1. The van der Waals surface area contributed by atoms with Gasteiger partial charge in [-0.2, -0.15) is 0 Å². The van der Waals surface area contributed by atoms with Crippen LogP contribution in [0.4, 0.5) is 5.00 Å². The van der Waals surface area contributed by atoms with Gasteiger partial charge in [0.2, 0.25) is 5.91 Å². The van der Waals surface area contributed by atoms with Crippen molar-refractivity contribution in [3.63, 3.8) is 0 Å². The molecule has 0 aliphatic carbocycles. The molecule has 40 heavy (non-hydrogen) atoms. The van der Waals surface area contributed by atoms with Crippen LogP contribution >= 0.6 is 23.1 Å². The molecule has 0 bridgehead atoms. The summed E-state index contributed by atoms with van der Waals surface area (Å²) in [5.74, 6) is 0.263. The Balaban J connectivity index is 1.76. The number of benzene rings is 1. The Morgan fingerprint density at radius 3 is 2.40 bits per heavy atom. The van der Waals surface area contributed by atoms with Crippen LogP contribution in [0.2, 0.25) is 0 Å². The molecule has 12 heteroatoms. The second-order valence-corrected chi connectivity index (χ2v) is 10.9. The molecule has 0 aliphatic rings. The quantitative estimate of drug-likeness (QED) is 0.146. The molecule has 0 saturated carbocycles. The summed E-state index contributed by atoms with van der Waals surface area (Å²) in [5.41, 5.74) is 1.40. The molecule has 0 spiro atoms. The van der Waals surface area contributed by atoms with Crippen molar-refractivity contribution < 1.29 is 28.6 Å². The van der Waals surface area contributed by atoms with Crippen LogP contribution in [0.5, 0.6) is 5.75 Å². The van der Waals surface area contributed by atoms with Gasteiger partial charge in [0.25, 0.3) is 0 Å². The lowest BCUT2D eigenvalue weighted by Crippen LogP contribution is -2.17. The number of anilines is 1. The molecular weight excluding hydrogens is 552 g/mol. The lowest BCUT2D eigenvalue weighted by molar-refractivity contribution is -0.113. The van der Waals surface area contributed by atoms with Crippen molar-refractivity contribution in [1.82, 2.24) is 14.8 Å². The van der Waals surface area contributed by atoms with Crippen LogP contribution in [0, 0.1) is 12.8 Å². The number of thioether (sulfide) groups is 1. The lowest BCUT2D eigenvalue weighted by Gasteiger charge is -2.10. The number of allylic oxidation sites excluding steroid dienone is 1. The van der Waals surface area contributed by atoms with Gasteiger partial charge in [-0.3, -0.25) is 9.36 Å². The zero-order valence-electron chi connectivity index (χ0n) is 23.3. The number of esters is 2. The van der Waals surface area contributed by atoms with Gasteiger partial charge in [0.1, 0.15) is 15.6 Å². The summed E-state index contributed by atoms with van der Waals surface area (Å²) >= 11 is 2.18. The van der Waals surface area contributed by atoms with E-state index in [1.165, 1.54) is 11.8 Å². The Morgan fingerprint density at radius 1 is 1.10 bits per heavy atom. The number of hydrogen-bond acceptors (Lipinski definition) is 10. The summed E-state index contributed by atoms with van der Waals surface area (Å²) in [4.78, 5) is 38.2. The SMILES string of the molecule is C=CCn1c(SCC(=O)Nc2sc(C(=O)OCC)c(C)c2C(=O)OCC)nnc1-c1ccc(OCC(C)C)cc1. The Morgan fingerprint density at radius 2 is 1.77 bits per heavy atom.